The van der Waals surface area contributed by atoms with Gasteiger partial charge in [0.05, 0.1) is 31.2 Å². The van der Waals surface area contributed by atoms with Crippen LogP contribution in [-0.2, 0) is 23.9 Å². The highest BCUT2D eigenvalue weighted by Gasteiger charge is 2.75. The van der Waals surface area contributed by atoms with Crippen LogP contribution in [0.5, 0.6) is 0 Å². The van der Waals surface area contributed by atoms with Crippen molar-refractivity contribution in [1.29, 1.82) is 0 Å². The van der Waals surface area contributed by atoms with Crippen molar-refractivity contribution in [2.24, 2.45) is 11.8 Å². The van der Waals surface area contributed by atoms with Crippen LogP contribution in [-0.4, -0.2) is 71.8 Å². The summed E-state index contributed by atoms with van der Waals surface area (Å²) in [6.45, 7) is 5.67. The molecule has 3 aliphatic rings. The van der Waals surface area contributed by atoms with Crippen molar-refractivity contribution >= 4 is 34.2 Å². The first kappa shape index (κ1) is 23.5. The number of esters is 1. The van der Waals surface area contributed by atoms with Crippen LogP contribution in [0.15, 0.2) is 55.1 Å². The number of aliphatic hydroxyl groups is 1. The van der Waals surface area contributed by atoms with E-state index in [2.05, 4.69) is 6.58 Å². The third kappa shape index (κ3) is 3.54. The number of fused-ring (bicyclic) bond motifs is 2. The fourth-order valence-corrected chi connectivity index (χ4v) is 6.23. The summed E-state index contributed by atoms with van der Waals surface area (Å²) in [5.74, 6) is -2.66. The Morgan fingerprint density at radius 3 is 2.77 bits per heavy atom. The molecule has 2 aromatic rings. The maximum Gasteiger partial charge on any atom is 0.312 e. The second-order valence-corrected chi connectivity index (χ2v) is 9.33. The number of nitrogens with zero attached hydrogens (tertiary/aromatic N) is 2. The summed E-state index contributed by atoms with van der Waals surface area (Å²) < 4.78 is 11.6. The molecule has 5 rings (SSSR count). The third-order valence-corrected chi connectivity index (χ3v) is 7.56. The summed E-state index contributed by atoms with van der Waals surface area (Å²) in [5.41, 5.74) is -0.443. The molecule has 3 heterocycles. The lowest BCUT2D eigenvalue weighted by Gasteiger charge is -2.36. The molecule has 35 heavy (non-hydrogen) atoms. The molecule has 184 valence electrons. The van der Waals surface area contributed by atoms with Gasteiger partial charge in [-0.3, -0.25) is 14.4 Å². The number of hydrogen-bond acceptors (Lipinski definition) is 6. The summed E-state index contributed by atoms with van der Waals surface area (Å²) in [5, 5.41) is 11.8. The van der Waals surface area contributed by atoms with E-state index in [1.165, 1.54) is 4.90 Å². The van der Waals surface area contributed by atoms with E-state index >= 15 is 0 Å². The lowest BCUT2D eigenvalue weighted by Crippen LogP contribution is -2.56. The lowest BCUT2D eigenvalue weighted by molar-refractivity contribution is -0.154. The van der Waals surface area contributed by atoms with E-state index in [-0.39, 0.29) is 38.1 Å². The van der Waals surface area contributed by atoms with Crippen molar-refractivity contribution in [2.45, 2.75) is 37.5 Å². The number of benzene rings is 2. The van der Waals surface area contributed by atoms with Gasteiger partial charge in [0.25, 0.3) is 5.91 Å². The number of carbonyl (C=O) groups is 3. The van der Waals surface area contributed by atoms with Crippen molar-refractivity contribution in [3.05, 3.63) is 55.1 Å². The highest BCUT2D eigenvalue weighted by atomic mass is 16.6. The molecule has 0 saturated carbocycles. The number of ether oxygens (including phenoxy) is 2. The molecule has 1 N–H and O–H groups in total. The SMILES string of the molecule is C=CCN(C(=O)C1N(CCO)C(=O)[C@@H]2[C@H](C(=O)OCC)[C@@H]3CCC12O3)c1ccc2ccccc2c1. The van der Waals surface area contributed by atoms with Crippen molar-refractivity contribution in [1.82, 2.24) is 4.90 Å². The van der Waals surface area contributed by atoms with Crippen LogP contribution in [0.3, 0.4) is 0 Å². The summed E-state index contributed by atoms with van der Waals surface area (Å²) in [4.78, 5) is 43.7. The molecule has 3 aliphatic heterocycles. The molecule has 2 aromatic carbocycles. The van der Waals surface area contributed by atoms with Crippen LogP contribution in [0.2, 0.25) is 0 Å². The number of carbonyl (C=O) groups excluding carboxylic acids is 3. The Morgan fingerprint density at radius 1 is 1.29 bits per heavy atom. The second kappa shape index (κ2) is 9.09. The van der Waals surface area contributed by atoms with Crippen LogP contribution in [0.1, 0.15) is 19.8 Å². The molecule has 2 bridgehead atoms. The van der Waals surface area contributed by atoms with Crippen LogP contribution in [0, 0.1) is 11.8 Å². The normalized spacial score (nSPS) is 28.9. The fourth-order valence-electron chi connectivity index (χ4n) is 6.23. The Balaban J connectivity index is 1.56. The Kier molecular flexibility index (Phi) is 6.11. The van der Waals surface area contributed by atoms with Gasteiger partial charge in [-0.05, 0) is 42.7 Å². The molecule has 1 spiro atoms. The van der Waals surface area contributed by atoms with E-state index in [9.17, 15) is 19.5 Å². The Hall–Kier alpha value is -3.23. The minimum atomic E-state index is -1.12. The summed E-state index contributed by atoms with van der Waals surface area (Å²) >= 11 is 0. The van der Waals surface area contributed by atoms with Gasteiger partial charge in [0.15, 0.2) is 0 Å². The Bertz CT molecular complexity index is 1180. The molecule has 5 atom stereocenters. The summed E-state index contributed by atoms with van der Waals surface area (Å²) in [6, 6.07) is 12.7. The molecule has 0 radical (unpaired) electrons. The molecule has 0 aliphatic carbocycles. The van der Waals surface area contributed by atoms with Crippen molar-refractivity contribution in [3.63, 3.8) is 0 Å². The standard InChI is InChI=1S/C27H30N2O6/c1-3-13-28(19-10-9-17-7-5-6-8-18(17)16-19)25(32)23-27-12-11-20(35-27)21(26(33)34-4-2)22(27)24(31)29(23)14-15-30/h3,5-10,16,20-23,30H,1,4,11-15H2,2H3/t20-,21+,22-,23?,27?/m0/s1. The van der Waals surface area contributed by atoms with Crippen LogP contribution < -0.4 is 4.90 Å². The predicted octanol–water partition coefficient (Wildman–Crippen LogP) is 2.29. The minimum absolute atomic E-state index is 0.0172. The van der Waals surface area contributed by atoms with Crippen molar-refractivity contribution in [2.75, 3.05) is 31.2 Å². The maximum atomic E-state index is 14.2. The van der Waals surface area contributed by atoms with Gasteiger partial charge in [-0.1, -0.05) is 36.4 Å². The number of β-amino-alcohol motifs (C(OH)–C–C–N with tert-alkyl or cyclic N) is 1. The highest BCUT2D eigenvalue weighted by molar-refractivity contribution is 6.05. The average molecular weight is 479 g/mol. The Labute approximate surface area is 204 Å². The minimum Gasteiger partial charge on any atom is -0.466 e. The quantitative estimate of drug-likeness (QED) is 0.462. The molecule has 2 unspecified atom stereocenters. The zero-order valence-corrected chi connectivity index (χ0v) is 19.8. The van der Waals surface area contributed by atoms with Crippen molar-refractivity contribution in [3.8, 4) is 0 Å². The van der Waals surface area contributed by atoms with E-state index in [4.69, 9.17) is 9.47 Å². The zero-order valence-electron chi connectivity index (χ0n) is 19.8. The Morgan fingerprint density at radius 2 is 2.06 bits per heavy atom. The second-order valence-electron chi connectivity index (χ2n) is 9.33. The van der Waals surface area contributed by atoms with Gasteiger partial charge in [-0.15, -0.1) is 6.58 Å². The molecule has 0 aromatic heterocycles. The third-order valence-electron chi connectivity index (χ3n) is 7.56. The zero-order chi connectivity index (χ0) is 24.7. The largest absolute Gasteiger partial charge is 0.466 e. The number of amides is 2. The first-order chi connectivity index (χ1) is 17.0. The smallest absolute Gasteiger partial charge is 0.312 e. The number of hydrogen-bond donors (Lipinski definition) is 1. The average Bonchev–Trinajstić information content (AvgIpc) is 3.50. The van der Waals surface area contributed by atoms with Gasteiger partial charge < -0.3 is 24.4 Å². The maximum absolute atomic E-state index is 14.2. The number of anilines is 1. The summed E-state index contributed by atoms with van der Waals surface area (Å²) in [6.07, 6.45) is 2.25. The van der Waals surface area contributed by atoms with Crippen molar-refractivity contribution < 1.29 is 29.0 Å². The molecule has 3 fully saturated rings. The predicted molar refractivity (Wildman–Crippen MR) is 130 cm³/mol. The van der Waals surface area contributed by atoms with Gasteiger partial charge in [0.2, 0.25) is 5.91 Å². The highest BCUT2D eigenvalue weighted by Crippen LogP contribution is 2.58. The van der Waals surface area contributed by atoms with Crippen LogP contribution >= 0.6 is 0 Å². The molecular formula is C27H30N2O6. The van der Waals surface area contributed by atoms with Gasteiger partial charge in [0, 0.05) is 18.8 Å². The van der Waals surface area contributed by atoms with E-state index < -0.39 is 35.6 Å². The first-order valence-electron chi connectivity index (χ1n) is 12.1. The van der Waals surface area contributed by atoms with E-state index in [0.717, 1.165) is 10.8 Å². The molecule has 8 nitrogen and oxygen atoms in total. The van der Waals surface area contributed by atoms with Gasteiger partial charge in [-0.25, -0.2) is 0 Å². The molecule has 3 saturated heterocycles. The topological polar surface area (TPSA) is 96.4 Å². The fraction of sp³-hybridized carbons (Fsp3) is 0.444. The van der Waals surface area contributed by atoms with Gasteiger partial charge >= 0.3 is 5.97 Å². The van der Waals surface area contributed by atoms with Crippen LogP contribution in [0.4, 0.5) is 5.69 Å². The molecule has 8 heteroatoms. The number of likely N-dealkylation sites (tertiary alicyclic amines) is 1. The van der Waals surface area contributed by atoms with E-state index in [1.54, 1.807) is 17.9 Å². The number of rotatable bonds is 8. The lowest BCUT2D eigenvalue weighted by atomic mass is 9.70. The van der Waals surface area contributed by atoms with Gasteiger partial charge in [0.1, 0.15) is 11.6 Å². The van der Waals surface area contributed by atoms with Gasteiger partial charge in [-0.2, -0.15) is 0 Å². The number of aliphatic hydroxyl groups excluding tert-OH is 1. The molecule has 2 amide bonds. The van der Waals surface area contributed by atoms with Crippen LogP contribution in [0.25, 0.3) is 10.8 Å². The first-order valence-corrected chi connectivity index (χ1v) is 12.1. The summed E-state index contributed by atoms with van der Waals surface area (Å²) in [7, 11) is 0. The van der Waals surface area contributed by atoms with E-state index in [0.29, 0.717) is 18.5 Å². The molecular weight excluding hydrogens is 448 g/mol. The monoisotopic (exact) mass is 478 g/mol. The van der Waals surface area contributed by atoms with E-state index in [1.807, 2.05) is 42.5 Å².